The maximum atomic E-state index is 6.55. The van der Waals surface area contributed by atoms with Crippen molar-refractivity contribution in [3.63, 3.8) is 0 Å². The zero-order valence-corrected chi connectivity index (χ0v) is 18.5. The Balaban J connectivity index is 1.79. The Kier molecular flexibility index (Phi) is 7.26. The van der Waals surface area contributed by atoms with Crippen molar-refractivity contribution in [3.8, 4) is 5.75 Å². The van der Waals surface area contributed by atoms with Gasteiger partial charge in [-0.15, -0.1) is 5.10 Å². The van der Waals surface area contributed by atoms with Crippen LogP contribution in [0.15, 0.2) is 54.6 Å². The average Bonchev–Trinajstić information content (AvgIpc) is 3.13. The molecule has 0 saturated heterocycles. The monoisotopic (exact) mass is 395 g/mol. The van der Waals surface area contributed by atoms with E-state index in [2.05, 4.69) is 36.4 Å². The Bertz CT molecular complexity index is 847. The van der Waals surface area contributed by atoms with Crippen molar-refractivity contribution < 1.29 is 4.74 Å². The number of aromatic nitrogens is 3. The van der Waals surface area contributed by atoms with E-state index in [1.54, 1.807) is 0 Å². The van der Waals surface area contributed by atoms with Gasteiger partial charge in [0.2, 0.25) is 0 Å². The number of fused-ring (bicyclic) bond motifs is 1. The van der Waals surface area contributed by atoms with Crippen molar-refractivity contribution >= 4 is 19.1 Å². The van der Waals surface area contributed by atoms with E-state index in [9.17, 15) is 0 Å². The summed E-state index contributed by atoms with van der Waals surface area (Å²) in [6.07, 6.45) is 7.93. The smallest absolute Gasteiger partial charge is 0.175 e. The lowest BCUT2D eigenvalue weighted by Gasteiger charge is -2.33. The lowest BCUT2D eigenvalue weighted by molar-refractivity contribution is 0.189. The van der Waals surface area contributed by atoms with Crippen molar-refractivity contribution in [1.29, 1.82) is 0 Å². The maximum absolute atomic E-state index is 6.55. The number of hydrogen-bond donors (Lipinski definition) is 0. The number of para-hydroxylation sites is 2. The SMILES string of the molecule is CCCCCCCC[Si](C)(C)C(Oc1ccccc1)n1nnc2ccccc21. The van der Waals surface area contributed by atoms with Gasteiger partial charge in [0.15, 0.2) is 5.85 Å². The van der Waals surface area contributed by atoms with Gasteiger partial charge in [-0.3, -0.25) is 0 Å². The minimum absolute atomic E-state index is 0.0714. The standard InChI is InChI=1S/C23H33N3OSi/c1-4-5-6-7-8-14-19-28(2,3)23(27-20-15-10-9-11-16-20)26-22-18-13-12-17-21(22)24-25-26/h9-13,15-18,23H,4-8,14,19H2,1-3H3. The number of unbranched alkanes of at least 4 members (excludes halogenated alkanes) is 5. The molecule has 0 radical (unpaired) electrons. The van der Waals surface area contributed by atoms with Gasteiger partial charge >= 0.3 is 0 Å². The lowest BCUT2D eigenvalue weighted by atomic mass is 10.1. The van der Waals surface area contributed by atoms with Gasteiger partial charge in [-0.25, -0.2) is 4.68 Å². The summed E-state index contributed by atoms with van der Waals surface area (Å²) in [7, 11) is -1.77. The van der Waals surface area contributed by atoms with Gasteiger partial charge < -0.3 is 4.74 Å². The van der Waals surface area contributed by atoms with Crippen LogP contribution < -0.4 is 4.74 Å². The zero-order chi connectivity index (χ0) is 19.8. The third-order valence-corrected chi connectivity index (χ3v) is 8.78. The van der Waals surface area contributed by atoms with Crippen LogP contribution in [0.25, 0.3) is 11.0 Å². The summed E-state index contributed by atoms with van der Waals surface area (Å²) in [5.41, 5.74) is 1.97. The van der Waals surface area contributed by atoms with E-state index < -0.39 is 8.07 Å². The van der Waals surface area contributed by atoms with Crippen molar-refractivity contribution in [2.75, 3.05) is 0 Å². The summed E-state index contributed by atoms with van der Waals surface area (Å²) in [6.45, 7) is 7.11. The summed E-state index contributed by atoms with van der Waals surface area (Å²) in [5, 5.41) is 8.88. The zero-order valence-electron chi connectivity index (χ0n) is 17.5. The highest BCUT2D eigenvalue weighted by Crippen LogP contribution is 2.32. The Morgan fingerprint density at radius 1 is 0.893 bits per heavy atom. The fourth-order valence-electron chi connectivity index (χ4n) is 3.71. The molecule has 0 saturated carbocycles. The van der Waals surface area contributed by atoms with E-state index in [1.807, 2.05) is 53.2 Å². The summed E-state index contributed by atoms with van der Waals surface area (Å²) in [6, 6.07) is 19.5. The van der Waals surface area contributed by atoms with E-state index in [0.717, 1.165) is 16.8 Å². The van der Waals surface area contributed by atoms with Crippen LogP contribution >= 0.6 is 0 Å². The first-order chi connectivity index (χ1) is 13.6. The molecule has 0 spiro atoms. The third kappa shape index (κ3) is 5.22. The van der Waals surface area contributed by atoms with E-state index in [0.29, 0.717) is 0 Å². The highest BCUT2D eigenvalue weighted by Gasteiger charge is 2.36. The Labute approximate surface area is 169 Å². The first-order valence-corrected chi connectivity index (χ1v) is 13.9. The van der Waals surface area contributed by atoms with E-state index in [1.165, 1.54) is 44.6 Å². The fourth-order valence-corrected chi connectivity index (χ4v) is 6.43. The molecular formula is C23H33N3OSi. The van der Waals surface area contributed by atoms with Gasteiger partial charge in [0.1, 0.15) is 19.3 Å². The number of benzene rings is 2. The number of rotatable bonds is 11. The van der Waals surface area contributed by atoms with Gasteiger partial charge in [0.25, 0.3) is 0 Å². The van der Waals surface area contributed by atoms with Crippen molar-refractivity contribution in [2.24, 2.45) is 0 Å². The first-order valence-electron chi connectivity index (χ1n) is 10.6. The number of nitrogens with zero attached hydrogens (tertiary/aromatic N) is 3. The van der Waals surface area contributed by atoms with E-state index in [-0.39, 0.29) is 5.85 Å². The summed E-state index contributed by atoms with van der Waals surface area (Å²) < 4.78 is 8.57. The Morgan fingerprint density at radius 2 is 1.57 bits per heavy atom. The van der Waals surface area contributed by atoms with Crippen LogP contribution in [0, 0.1) is 0 Å². The van der Waals surface area contributed by atoms with Gasteiger partial charge in [-0.1, -0.05) is 100 Å². The third-order valence-electron chi connectivity index (χ3n) is 5.43. The Hall–Kier alpha value is -2.14. The molecule has 1 atom stereocenters. The summed E-state index contributed by atoms with van der Waals surface area (Å²) in [4.78, 5) is 0. The van der Waals surface area contributed by atoms with Crippen LogP contribution in [0.4, 0.5) is 0 Å². The van der Waals surface area contributed by atoms with Crippen LogP contribution in [0.1, 0.15) is 51.3 Å². The molecule has 4 nitrogen and oxygen atoms in total. The molecule has 0 fully saturated rings. The van der Waals surface area contributed by atoms with Gasteiger partial charge in [0, 0.05) is 0 Å². The second-order valence-corrected chi connectivity index (χ2v) is 13.3. The summed E-state index contributed by atoms with van der Waals surface area (Å²) >= 11 is 0. The molecule has 0 aliphatic rings. The minimum Gasteiger partial charge on any atom is -0.472 e. The van der Waals surface area contributed by atoms with E-state index in [4.69, 9.17) is 4.74 Å². The predicted octanol–water partition coefficient (Wildman–Crippen LogP) is 6.62. The van der Waals surface area contributed by atoms with Crippen molar-refractivity contribution in [3.05, 3.63) is 54.6 Å². The van der Waals surface area contributed by atoms with Crippen LogP contribution in [-0.4, -0.2) is 23.1 Å². The average molecular weight is 396 g/mol. The highest BCUT2D eigenvalue weighted by atomic mass is 28.3. The molecule has 0 aliphatic carbocycles. The topological polar surface area (TPSA) is 39.9 Å². The molecule has 2 aromatic carbocycles. The quantitative estimate of drug-likeness (QED) is 0.271. The molecule has 3 rings (SSSR count). The predicted molar refractivity (Wildman–Crippen MR) is 119 cm³/mol. The fraction of sp³-hybridized carbons (Fsp3) is 0.478. The maximum Gasteiger partial charge on any atom is 0.175 e. The molecule has 1 unspecified atom stereocenters. The molecule has 3 aromatic rings. The molecule has 5 heteroatoms. The molecule has 0 bridgehead atoms. The highest BCUT2D eigenvalue weighted by molar-refractivity contribution is 6.77. The number of hydrogen-bond acceptors (Lipinski definition) is 3. The van der Waals surface area contributed by atoms with Crippen LogP contribution in [0.3, 0.4) is 0 Å². The van der Waals surface area contributed by atoms with Crippen LogP contribution in [-0.2, 0) is 0 Å². The van der Waals surface area contributed by atoms with Crippen molar-refractivity contribution in [2.45, 2.75) is 70.4 Å². The molecule has 0 amide bonds. The van der Waals surface area contributed by atoms with Crippen molar-refractivity contribution in [1.82, 2.24) is 15.0 Å². The normalized spacial score (nSPS) is 13.0. The summed E-state index contributed by atoms with van der Waals surface area (Å²) in [5.74, 6) is 0.827. The molecular weight excluding hydrogens is 362 g/mol. The largest absolute Gasteiger partial charge is 0.472 e. The molecule has 1 heterocycles. The lowest BCUT2D eigenvalue weighted by Crippen LogP contribution is -2.42. The molecule has 150 valence electrons. The Morgan fingerprint density at radius 3 is 2.36 bits per heavy atom. The van der Waals surface area contributed by atoms with Gasteiger partial charge in [-0.05, 0) is 24.3 Å². The molecule has 28 heavy (non-hydrogen) atoms. The second-order valence-electron chi connectivity index (χ2n) is 8.31. The minimum atomic E-state index is -1.77. The first kappa shape index (κ1) is 20.6. The second kappa shape index (κ2) is 9.87. The van der Waals surface area contributed by atoms with Gasteiger partial charge in [0.05, 0.1) is 5.52 Å². The van der Waals surface area contributed by atoms with E-state index >= 15 is 0 Å². The molecule has 0 aliphatic heterocycles. The number of ether oxygens (including phenoxy) is 1. The van der Waals surface area contributed by atoms with Crippen LogP contribution in [0.5, 0.6) is 5.75 Å². The van der Waals surface area contributed by atoms with Gasteiger partial charge in [-0.2, -0.15) is 0 Å². The molecule has 0 N–H and O–H groups in total. The molecule has 1 aromatic heterocycles. The van der Waals surface area contributed by atoms with Crippen LogP contribution in [0.2, 0.25) is 19.1 Å².